The van der Waals surface area contributed by atoms with E-state index in [0.29, 0.717) is 78.1 Å². The Morgan fingerprint density at radius 1 is 0.479 bits per heavy atom. The predicted octanol–water partition coefficient (Wildman–Crippen LogP) is 14.0. The summed E-state index contributed by atoms with van der Waals surface area (Å²) in [5.41, 5.74) is 11.4. The summed E-state index contributed by atoms with van der Waals surface area (Å²) >= 11 is 0. The summed E-state index contributed by atoms with van der Waals surface area (Å²) < 4.78 is 100. The van der Waals surface area contributed by atoms with Crippen LogP contribution in [0, 0.1) is 52.4 Å². The first-order chi connectivity index (χ1) is 58.1. The first-order valence-electron chi connectivity index (χ1n) is 40.7. The molecule has 4 fully saturated rings. The molecular weight excluding hydrogens is 1570 g/mol. The zero-order chi connectivity index (χ0) is 85.8. The van der Waals surface area contributed by atoms with Crippen LogP contribution in [0.2, 0.25) is 0 Å². The summed E-state index contributed by atoms with van der Waals surface area (Å²) in [6.07, 6.45) is 16.6. The number of rotatable bonds is 19. The minimum atomic E-state index is -4.55. The Balaban J connectivity index is 0.000000140. The third-order valence-electron chi connectivity index (χ3n) is 22.2. The lowest BCUT2D eigenvalue weighted by Crippen LogP contribution is -2.52. The van der Waals surface area contributed by atoms with Gasteiger partial charge < -0.3 is 25.4 Å². The molecule has 11 aromatic heterocycles. The van der Waals surface area contributed by atoms with Crippen molar-refractivity contribution in [2.24, 2.45) is 17.8 Å². The Morgan fingerprint density at radius 3 is 1.28 bits per heavy atom. The molecule has 1 aliphatic heterocycles. The fourth-order valence-electron chi connectivity index (χ4n) is 15.5. The lowest BCUT2D eigenvalue weighted by Gasteiger charge is -2.35. The van der Waals surface area contributed by atoms with Gasteiger partial charge >= 0.3 is 12.4 Å². The van der Waals surface area contributed by atoms with Crippen LogP contribution in [0.15, 0.2) is 147 Å². The lowest BCUT2D eigenvalue weighted by molar-refractivity contribution is -0.171. The van der Waals surface area contributed by atoms with Gasteiger partial charge in [-0.15, -0.1) is 0 Å². The fraction of sp³-hybridized carbons (Fsp3) is 0.414. The van der Waals surface area contributed by atoms with E-state index in [9.17, 15) is 55.1 Å². The molecule has 4 aliphatic rings. The number of fused-ring (bicyclic) bond motifs is 4. The Hall–Kier alpha value is -12.2. The van der Waals surface area contributed by atoms with Crippen LogP contribution >= 0.6 is 0 Å². The first kappa shape index (κ1) is 86.7. The number of hydrogen-bond acceptors (Lipinski definition) is 20. The average molecular weight is 1660 g/mol. The van der Waals surface area contributed by atoms with Crippen molar-refractivity contribution < 1.29 is 64.6 Å². The molecule has 2 unspecified atom stereocenters. The highest BCUT2D eigenvalue weighted by Gasteiger charge is 2.49. The molecule has 12 aromatic rings. The number of aromatic nitrogens is 15. The van der Waals surface area contributed by atoms with Crippen LogP contribution in [0.5, 0.6) is 0 Å². The van der Waals surface area contributed by atoms with E-state index in [1.54, 1.807) is 85.4 Å². The van der Waals surface area contributed by atoms with E-state index in [2.05, 4.69) is 88.3 Å². The minimum absolute atomic E-state index is 0.0292. The van der Waals surface area contributed by atoms with Gasteiger partial charge in [0.25, 0.3) is 29.5 Å². The number of piperidine rings is 1. The van der Waals surface area contributed by atoms with Crippen LogP contribution in [0.25, 0.3) is 56.4 Å². The summed E-state index contributed by atoms with van der Waals surface area (Å²) in [7, 11) is 0. The van der Waals surface area contributed by atoms with Crippen LogP contribution in [0.3, 0.4) is 0 Å². The fourth-order valence-corrected chi connectivity index (χ4v) is 15.5. The normalized spacial score (nSPS) is 17.6. The molecular formula is C87H96F6N20O8. The van der Waals surface area contributed by atoms with Crippen molar-refractivity contribution in [2.75, 3.05) is 19.7 Å². The third-order valence-corrected chi connectivity index (χ3v) is 22.2. The topological polar surface area (TPSA) is 340 Å². The number of alkyl halides is 6. The highest BCUT2D eigenvalue weighted by Crippen LogP contribution is 2.40. The highest BCUT2D eigenvalue weighted by atomic mass is 19.4. The summed E-state index contributed by atoms with van der Waals surface area (Å²) in [5.74, 6) is -4.75. The van der Waals surface area contributed by atoms with Gasteiger partial charge in [-0.3, -0.25) is 72.0 Å². The number of nitrogens with zero attached hydrogens (tertiary/aromatic N) is 15. The number of nitrogens with one attached hydrogen (secondary N) is 5. The molecule has 1 aromatic carbocycles. The van der Waals surface area contributed by atoms with Crippen LogP contribution in [0.4, 0.5) is 26.3 Å². The molecule has 34 heteroatoms. The van der Waals surface area contributed by atoms with Crippen LogP contribution in [0.1, 0.15) is 203 Å². The van der Waals surface area contributed by atoms with Gasteiger partial charge in [-0.1, -0.05) is 31.0 Å². The van der Waals surface area contributed by atoms with Crippen LogP contribution in [-0.2, 0) is 14.3 Å². The number of benzene rings is 1. The number of carbonyl (C=O) groups is 6. The number of amides is 6. The first-order valence-corrected chi connectivity index (χ1v) is 40.7. The summed E-state index contributed by atoms with van der Waals surface area (Å²) in [4.78, 5) is 123. The second-order valence-electron chi connectivity index (χ2n) is 31.3. The number of imidazole rings is 4. The predicted molar refractivity (Wildman–Crippen MR) is 437 cm³/mol. The monoisotopic (exact) mass is 1660 g/mol. The standard InChI is InChI=1S/C24H34F3N5O2.C23H27N5O3.C21H17N5O2.C19H18F3N5O/c1-14(2)34-18-6-4-17(5-7-18)21(24(25,26)27)31-23(33)20-22-30-19(16-8-10-28-11-9-16)12-15(3)32(22)13-29-20;1-3-11-31-18-8-6-16(7-9-18)22(29)27-23(30)20-21-26-19(17-5-4-10-24-13-17)12-15(2)28(21)14-25-20;1-13-5-7-15(8-6-13)20(27)25-21(28)18-19-24-17(16-4-3-9-22-11-16)10-14(2)26(19)12-23-18;1-11-8-14(13-6-3-7-23-9-13)25-17-15(24-10-27(11)17)18(28)26-16(19(20,21)22)12-4-2-5-12/h12-14,16-18,21,28H,4-11H2,1-3H3,(H,31,33);4-5,10,12-14,16,18H,3,6-9,11H2,1-2H3,(H,27,29,30);3-12H,1-2H3,(H,25,27,28);3,6-10,12,16H,2,4-5H2,1H3,(H,26,28). The van der Waals surface area contributed by atoms with Crippen molar-refractivity contribution in [3.63, 3.8) is 0 Å². The minimum Gasteiger partial charge on any atom is -0.378 e. The number of hydrogen-bond donors (Lipinski definition) is 5. The second kappa shape index (κ2) is 38.5. The summed E-state index contributed by atoms with van der Waals surface area (Å²) in [6.45, 7) is 17.9. The molecule has 28 nitrogen and oxygen atoms in total. The SMILES string of the molecule is CCCOC1CCC(C(=O)NC(=O)c2ncn3c(C)cc(-c4cccnc4)nc23)CC1.Cc1cc(-c2cccnc2)nc2c(C(=O)NC(C3CCC3)C(F)(F)F)ncn12.Cc1cc(C2CCNCC2)nc2c(C(=O)NC(C3CCC(OC(C)C)CC3)C(F)(F)F)ncn12.Cc1ccc(C(=O)NC(=O)c2ncn3c(C)cc(-c4cccnc4)nc23)cc1. The number of aryl methyl sites for hydroxylation is 5. The van der Waals surface area contributed by atoms with Crippen LogP contribution < -0.4 is 26.6 Å². The molecule has 16 rings (SSSR count). The van der Waals surface area contributed by atoms with Crippen molar-refractivity contribution in [1.82, 2.24) is 99.0 Å². The Morgan fingerprint density at radius 2 is 0.884 bits per heavy atom. The zero-order valence-corrected chi connectivity index (χ0v) is 68.3. The molecule has 3 saturated carbocycles. The van der Waals surface area contributed by atoms with E-state index in [-0.39, 0.29) is 64.5 Å². The van der Waals surface area contributed by atoms with Crippen molar-refractivity contribution in [3.8, 4) is 33.8 Å². The molecule has 1 saturated heterocycles. The van der Waals surface area contributed by atoms with Crippen molar-refractivity contribution >= 4 is 58.0 Å². The zero-order valence-electron chi connectivity index (χ0n) is 68.3. The summed E-state index contributed by atoms with van der Waals surface area (Å²) in [5, 5.41) is 12.6. The maximum atomic E-state index is 14.0. The molecule has 5 N–H and O–H groups in total. The number of carbonyl (C=O) groups excluding carboxylic acids is 6. The van der Waals surface area contributed by atoms with E-state index >= 15 is 0 Å². The highest BCUT2D eigenvalue weighted by molar-refractivity contribution is 6.12. The van der Waals surface area contributed by atoms with Gasteiger partial charge in [-0.05, 0) is 230 Å². The Labute approximate surface area is 693 Å². The van der Waals surface area contributed by atoms with Crippen LogP contribution in [-0.4, -0.2) is 170 Å². The van der Waals surface area contributed by atoms with Crippen molar-refractivity contribution in [1.29, 1.82) is 0 Å². The largest absolute Gasteiger partial charge is 0.408 e. The maximum Gasteiger partial charge on any atom is 0.408 e. The van der Waals surface area contributed by atoms with Crippen molar-refractivity contribution in [3.05, 3.63) is 210 Å². The van der Waals surface area contributed by atoms with E-state index < -0.39 is 65.8 Å². The van der Waals surface area contributed by atoms with Gasteiger partial charge in [0.2, 0.25) is 5.91 Å². The van der Waals surface area contributed by atoms with E-state index in [1.165, 1.54) is 19.0 Å². The molecule has 12 heterocycles. The van der Waals surface area contributed by atoms with E-state index in [4.69, 9.17) is 9.47 Å². The molecule has 121 heavy (non-hydrogen) atoms. The van der Waals surface area contributed by atoms with Crippen molar-refractivity contribution in [2.45, 2.75) is 194 Å². The molecule has 6 amide bonds. The number of imide groups is 2. The Bertz CT molecular complexity index is 5640. The quantitative estimate of drug-likeness (QED) is 0.0371. The molecule has 2 atom stereocenters. The molecule has 0 bridgehead atoms. The number of ether oxygens (including phenoxy) is 2. The molecule has 3 aliphatic carbocycles. The lowest BCUT2D eigenvalue weighted by atomic mass is 9.79. The molecule has 634 valence electrons. The summed E-state index contributed by atoms with van der Waals surface area (Å²) in [6, 6.07) is 21.8. The van der Waals surface area contributed by atoms with Gasteiger partial charge in [-0.2, -0.15) is 26.3 Å². The van der Waals surface area contributed by atoms with Gasteiger partial charge in [0.05, 0.1) is 35.4 Å². The van der Waals surface area contributed by atoms with E-state index in [0.717, 1.165) is 122 Å². The number of halogens is 6. The second-order valence-corrected chi connectivity index (χ2v) is 31.3. The average Bonchev–Trinajstić information content (AvgIpc) is 1.82. The molecule has 0 radical (unpaired) electrons. The third kappa shape index (κ3) is 21.0. The molecule has 0 spiro atoms. The Kier molecular flexibility index (Phi) is 27.6. The number of pyridine rings is 3. The smallest absolute Gasteiger partial charge is 0.378 e. The van der Waals surface area contributed by atoms with E-state index in [1.807, 2.05) is 109 Å². The maximum absolute atomic E-state index is 14.0. The van der Waals surface area contributed by atoms with Gasteiger partial charge in [0.15, 0.2) is 45.4 Å². The van der Waals surface area contributed by atoms with Gasteiger partial charge in [0.1, 0.15) is 37.4 Å². The van der Waals surface area contributed by atoms with Gasteiger partial charge in [-0.25, -0.2) is 39.9 Å². The van der Waals surface area contributed by atoms with Gasteiger partial charge in [0, 0.05) is 106 Å².